The molecule has 68 valence electrons. The SMILES string of the molecule is C=CC(=C)CCc1cccc(C)c1. The second kappa shape index (κ2) is 4.66. The minimum Gasteiger partial charge on any atom is -0.0988 e. The van der Waals surface area contributed by atoms with Gasteiger partial charge in [0.05, 0.1) is 0 Å². The number of benzene rings is 1. The van der Waals surface area contributed by atoms with E-state index in [0.29, 0.717) is 0 Å². The van der Waals surface area contributed by atoms with E-state index < -0.39 is 0 Å². The summed E-state index contributed by atoms with van der Waals surface area (Å²) in [7, 11) is 0. The van der Waals surface area contributed by atoms with Gasteiger partial charge in [0, 0.05) is 0 Å². The maximum atomic E-state index is 3.89. The summed E-state index contributed by atoms with van der Waals surface area (Å²) >= 11 is 0. The Balaban J connectivity index is 2.54. The molecule has 0 heteroatoms. The quantitative estimate of drug-likeness (QED) is 0.608. The van der Waals surface area contributed by atoms with Crippen LogP contribution >= 0.6 is 0 Å². The van der Waals surface area contributed by atoms with Crippen molar-refractivity contribution in [3.63, 3.8) is 0 Å². The topological polar surface area (TPSA) is 0 Å². The number of hydrogen-bond acceptors (Lipinski definition) is 0. The molecule has 1 aromatic carbocycles. The van der Waals surface area contributed by atoms with Crippen molar-refractivity contribution in [1.82, 2.24) is 0 Å². The maximum Gasteiger partial charge on any atom is -0.0238 e. The van der Waals surface area contributed by atoms with Gasteiger partial charge in [-0.05, 0) is 25.3 Å². The molecule has 0 aliphatic rings. The predicted molar refractivity (Wildman–Crippen MR) is 58.8 cm³/mol. The third-order valence-corrected chi connectivity index (χ3v) is 2.11. The molecule has 1 rings (SSSR count). The lowest BCUT2D eigenvalue weighted by Gasteiger charge is -2.02. The van der Waals surface area contributed by atoms with Gasteiger partial charge in [0.25, 0.3) is 0 Å². The van der Waals surface area contributed by atoms with E-state index in [2.05, 4.69) is 44.3 Å². The third kappa shape index (κ3) is 3.29. The van der Waals surface area contributed by atoms with E-state index in [0.717, 1.165) is 18.4 Å². The van der Waals surface area contributed by atoms with Gasteiger partial charge in [0.1, 0.15) is 0 Å². The van der Waals surface area contributed by atoms with Crippen molar-refractivity contribution in [2.45, 2.75) is 19.8 Å². The molecule has 0 aromatic heterocycles. The molecule has 0 N–H and O–H groups in total. The summed E-state index contributed by atoms with van der Waals surface area (Å²) in [5.74, 6) is 0. The fourth-order valence-corrected chi connectivity index (χ4v) is 1.27. The molecular weight excluding hydrogens is 156 g/mol. The van der Waals surface area contributed by atoms with Crippen molar-refractivity contribution in [3.8, 4) is 0 Å². The lowest BCUT2D eigenvalue weighted by Crippen LogP contribution is -1.86. The fraction of sp³-hybridized carbons (Fsp3) is 0.231. The Hall–Kier alpha value is -1.30. The molecule has 0 amide bonds. The van der Waals surface area contributed by atoms with Gasteiger partial charge in [-0.3, -0.25) is 0 Å². The first-order valence-electron chi connectivity index (χ1n) is 4.58. The van der Waals surface area contributed by atoms with Crippen molar-refractivity contribution in [1.29, 1.82) is 0 Å². The highest BCUT2D eigenvalue weighted by atomic mass is 14.0. The highest BCUT2D eigenvalue weighted by Crippen LogP contribution is 2.09. The lowest BCUT2D eigenvalue weighted by molar-refractivity contribution is 0.967. The molecular formula is C13H16. The molecule has 0 nitrogen and oxygen atoms in total. The zero-order valence-electron chi connectivity index (χ0n) is 8.22. The van der Waals surface area contributed by atoms with Crippen molar-refractivity contribution in [2.24, 2.45) is 0 Å². The predicted octanol–water partition coefficient (Wildman–Crippen LogP) is 3.67. The molecule has 0 saturated heterocycles. The van der Waals surface area contributed by atoms with Crippen LogP contribution in [0.15, 0.2) is 49.1 Å². The van der Waals surface area contributed by atoms with E-state index in [-0.39, 0.29) is 0 Å². The molecule has 0 aliphatic carbocycles. The van der Waals surface area contributed by atoms with Crippen LogP contribution < -0.4 is 0 Å². The zero-order chi connectivity index (χ0) is 9.68. The van der Waals surface area contributed by atoms with E-state index in [1.165, 1.54) is 11.1 Å². The molecule has 0 bridgehead atoms. The second-order valence-corrected chi connectivity index (χ2v) is 3.35. The van der Waals surface area contributed by atoms with Gasteiger partial charge in [0.15, 0.2) is 0 Å². The Bertz CT molecular complexity index is 308. The Morgan fingerprint density at radius 3 is 2.85 bits per heavy atom. The Morgan fingerprint density at radius 1 is 1.46 bits per heavy atom. The number of allylic oxidation sites excluding steroid dienone is 2. The molecule has 0 aliphatic heterocycles. The first-order chi connectivity index (χ1) is 6.22. The van der Waals surface area contributed by atoms with Crippen molar-refractivity contribution in [3.05, 3.63) is 60.2 Å². The van der Waals surface area contributed by atoms with Crippen LogP contribution in [0.2, 0.25) is 0 Å². The van der Waals surface area contributed by atoms with Gasteiger partial charge >= 0.3 is 0 Å². The van der Waals surface area contributed by atoms with Crippen LogP contribution in [-0.2, 0) is 6.42 Å². The van der Waals surface area contributed by atoms with Crippen LogP contribution in [0.5, 0.6) is 0 Å². The minimum atomic E-state index is 1.01. The molecule has 0 fully saturated rings. The fourth-order valence-electron chi connectivity index (χ4n) is 1.27. The largest absolute Gasteiger partial charge is 0.0988 e. The zero-order valence-corrected chi connectivity index (χ0v) is 8.22. The number of hydrogen-bond donors (Lipinski definition) is 0. The maximum absolute atomic E-state index is 3.89. The van der Waals surface area contributed by atoms with Gasteiger partial charge in [0.2, 0.25) is 0 Å². The Kier molecular flexibility index (Phi) is 3.51. The average molecular weight is 172 g/mol. The first-order valence-corrected chi connectivity index (χ1v) is 4.58. The Morgan fingerprint density at radius 2 is 2.23 bits per heavy atom. The van der Waals surface area contributed by atoms with Crippen LogP contribution in [0.25, 0.3) is 0 Å². The summed E-state index contributed by atoms with van der Waals surface area (Å²) < 4.78 is 0. The monoisotopic (exact) mass is 172 g/mol. The van der Waals surface area contributed by atoms with Crippen molar-refractivity contribution < 1.29 is 0 Å². The molecule has 1 aromatic rings. The van der Waals surface area contributed by atoms with E-state index in [4.69, 9.17) is 0 Å². The highest BCUT2D eigenvalue weighted by Gasteiger charge is 1.93. The third-order valence-electron chi connectivity index (χ3n) is 2.11. The van der Waals surface area contributed by atoms with Crippen LogP contribution in [-0.4, -0.2) is 0 Å². The van der Waals surface area contributed by atoms with Gasteiger partial charge in [-0.2, -0.15) is 0 Å². The smallest absolute Gasteiger partial charge is 0.0238 e. The molecule has 0 saturated carbocycles. The molecule has 0 spiro atoms. The van der Waals surface area contributed by atoms with Gasteiger partial charge in [-0.15, -0.1) is 0 Å². The van der Waals surface area contributed by atoms with Gasteiger partial charge in [-0.25, -0.2) is 0 Å². The normalized spacial score (nSPS) is 9.62. The summed E-state index contributed by atoms with van der Waals surface area (Å²) in [6.45, 7) is 9.70. The van der Waals surface area contributed by atoms with Crippen molar-refractivity contribution >= 4 is 0 Å². The highest BCUT2D eigenvalue weighted by molar-refractivity contribution is 5.24. The van der Waals surface area contributed by atoms with E-state index in [1.54, 1.807) is 0 Å². The minimum absolute atomic E-state index is 1.01. The summed E-state index contributed by atoms with van der Waals surface area (Å²) in [5.41, 5.74) is 3.81. The van der Waals surface area contributed by atoms with E-state index >= 15 is 0 Å². The van der Waals surface area contributed by atoms with Gasteiger partial charge < -0.3 is 0 Å². The first kappa shape index (κ1) is 9.79. The summed E-state index contributed by atoms with van der Waals surface area (Å²) in [4.78, 5) is 0. The van der Waals surface area contributed by atoms with E-state index in [1.807, 2.05) is 6.08 Å². The average Bonchev–Trinajstić information content (AvgIpc) is 2.14. The van der Waals surface area contributed by atoms with E-state index in [9.17, 15) is 0 Å². The van der Waals surface area contributed by atoms with Crippen LogP contribution in [0.3, 0.4) is 0 Å². The molecule has 0 unspecified atom stereocenters. The number of aryl methyl sites for hydroxylation is 2. The van der Waals surface area contributed by atoms with Crippen molar-refractivity contribution in [2.75, 3.05) is 0 Å². The molecule has 0 atom stereocenters. The second-order valence-electron chi connectivity index (χ2n) is 3.35. The molecule has 13 heavy (non-hydrogen) atoms. The molecule has 0 radical (unpaired) electrons. The van der Waals surface area contributed by atoms with Crippen LogP contribution in [0.1, 0.15) is 17.5 Å². The van der Waals surface area contributed by atoms with Gasteiger partial charge in [-0.1, -0.05) is 54.6 Å². The molecule has 0 heterocycles. The standard InChI is InChI=1S/C13H16/c1-4-11(2)8-9-13-7-5-6-12(3)10-13/h4-7,10H,1-2,8-9H2,3H3. The summed E-state index contributed by atoms with van der Waals surface area (Å²) in [5, 5.41) is 0. The van der Waals surface area contributed by atoms with Crippen LogP contribution in [0, 0.1) is 6.92 Å². The Labute approximate surface area is 80.6 Å². The summed E-state index contributed by atoms with van der Waals surface area (Å²) in [6.07, 6.45) is 3.90. The number of rotatable bonds is 4. The van der Waals surface area contributed by atoms with Crippen LogP contribution in [0.4, 0.5) is 0 Å². The summed E-state index contributed by atoms with van der Waals surface area (Å²) in [6, 6.07) is 8.59. The lowest BCUT2D eigenvalue weighted by atomic mass is 10.0.